The van der Waals surface area contributed by atoms with E-state index in [0.29, 0.717) is 20.3 Å². The SMILES string of the molecule is COc1cc(/C=N\NC(=O)c2nn(C)cc2Br)cc(Br)c1O. The normalized spacial score (nSPS) is 10.9. The molecule has 0 aliphatic carbocycles. The summed E-state index contributed by atoms with van der Waals surface area (Å²) in [6.07, 6.45) is 3.10. The highest BCUT2D eigenvalue weighted by Gasteiger charge is 2.13. The number of aromatic nitrogens is 2. The number of phenolic OH excluding ortho intramolecular Hbond substituents is 1. The predicted octanol–water partition coefficient (Wildman–Crippen LogP) is 2.42. The average Bonchev–Trinajstić information content (AvgIpc) is 2.81. The van der Waals surface area contributed by atoms with Gasteiger partial charge in [-0.1, -0.05) is 0 Å². The summed E-state index contributed by atoms with van der Waals surface area (Å²) in [5, 5.41) is 17.6. The molecule has 2 rings (SSSR count). The molecule has 1 aromatic heterocycles. The van der Waals surface area contributed by atoms with Crippen LogP contribution in [0.25, 0.3) is 0 Å². The van der Waals surface area contributed by atoms with Gasteiger partial charge in [0.2, 0.25) is 0 Å². The molecule has 0 unspecified atom stereocenters. The fourth-order valence-electron chi connectivity index (χ4n) is 1.66. The molecule has 7 nitrogen and oxygen atoms in total. The lowest BCUT2D eigenvalue weighted by Gasteiger charge is -2.06. The van der Waals surface area contributed by atoms with Gasteiger partial charge in [0, 0.05) is 13.2 Å². The second-order valence-electron chi connectivity index (χ2n) is 4.25. The summed E-state index contributed by atoms with van der Waals surface area (Å²) in [6.45, 7) is 0. The van der Waals surface area contributed by atoms with Crippen LogP contribution in [0.5, 0.6) is 11.5 Å². The van der Waals surface area contributed by atoms with Crippen molar-refractivity contribution in [2.45, 2.75) is 0 Å². The Labute approximate surface area is 143 Å². The number of hydrogen-bond acceptors (Lipinski definition) is 5. The number of nitrogens with one attached hydrogen (secondary N) is 1. The number of aryl methyl sites for hydroxylation is 1. The van der Waals surface area contributed by atoms with Gasteiger partial charge in [0.1, 0.15) is 0 Å². The first-order valence-electron chi connectivity index (χ1n) is 6.01. The van der Waals surface area contributed by atoms with Crippen LogP contribution in [0.15, 0.2) is 32.4 Å². The molecule has 0 saturated heterocycles. The van der Waals surface area contributed by atoms with E-state index in [-0.39, 0.29) is 11.4 Å². The molecule has 116 valence electrons. The highest BCUT2D eigenvalue weighted by molar-refractivity contribution is 9.10. The zero-order chi connectivity index (χ0) is 16.3. The Morgan fingerprint density at radius 2 is 2.18 bits per heavy atom. The van der Waals surface area contributed by atoms with Crippen LogP contribution < -0.4 is 10.2 Å². The number of carbonyl (C=O) groups excluding carboxylic acids is 1. The first-order chi connectivity index (χ1) is 10.4. The Morgan fingerprint density at radius 3 is 2.77 bits per heavy atom. The Bertz CT molecular complexity index is 743. The van der Waals surface area contributed by atoms with E-state index in [1.54, 1.807) is 25.4 Å². The molecule has 1 amide bonds. The van der Waals surface area contributed by atoms with Gasteiger partial charge >= 0.3 is 0 Å². The highest BCUT2D eigenvalue weighted by atomic mass is 79.9. The molecule has 22 heavy (non-hydrogen) atoms. The number of aromatic hydroxyl groups is 1. The van der Waals surface area contributed by atoms with Gasteiger partial charge < -0.3 is 9.84 Å². The maximum atomic E-state index is 11.9. The Balaban J connectivity index is 2.11. The summed E-state index contributed by atoms with van der Waals surface area (Å²) in [4.78, 5) is 11.9. The minimum atomic E-state index is -0.437. The molecular weight excluding hydrogens is 420 g/mol. The molecule has 1 heterocycles. The first-order valence-corrected chi connectivity index (χ1v) is 7.60. The van der Waals surface area contributed by atoms with Crippen LogP contribution in [0.2, 0.25) is 0 Å². The number of amides is 1. The second kappa shape index (κ2) is 6.93. The number of benzene rings is 1. The number of carbonyl (C=O) groups is 1. The van der Waals surface area contributed by atoms with Crippen LogP contribution in [-0.4, -0.2) is 34.1 Å². The van der Waals surface area contributed by atoms with E-state index in [1.807, 2.05) is 0 Å². The number of nitrogens with zero attached hydrogens (tertiary/aromatic N) is 3. The third-order valence-electron chi connectivity index (χ3n) is 2.65. The Morgan fingerprint density at radius 1 is 1.45 bits per heavy atom. The summed E-state index contributed by atoms with van der Waals surface area (Å²) in [7, 11) is 3.16. The summed E-state index contributed by atoms with van der Waals surface area (Å²) in [6, 6.07) is 3.23. The van der Waals surface area contributed by atoms with Crippen molar-refractivity contribution in [1.29, 1.82) is 0 Å². The molecule has 0 fully saturated rings. The lowest BCUT2D eigenvalue weighted by atomic mass is 10.2. The van der Waals surface area contributed by atoms with Gasteiger partial charge in [0.15, 0.2) is 17.2 Å². The van der Waals surface area contributed by atoms with Gasteiger partial charge in [0.25, 0.3) is 5.91 Å². The molecular formula is C13H12Br2N4O3. The van der Waals surface area contributed by atoms with Crippen LogP contribution in [-0.2, 0) is 7.05 Å². The number of rotatable bonds is 4. The molecule has 0 atom stereocenters. The molecule has 0 aliphatic heterocycles. The minimum absolute atomic E-state index is 0.00102. The summed E-state index contributed by atoms with van der Waals surface area (Å²) >= 11 is 6.45. The number of hydrazone groups is 1. The Kier molecular flexibility index (Phi) is 5.19. The van der Waals surface area contributed by atoms with Crippen molar-refractivity contribution < 1.29 is 14.6 Å². The monoisotopic (exact) mass is 430 g/mol. The highest BCUT2D eigenvalue weighted by Crippen LogP contribution is 2.34. The molecule has 0 aliphatic rings. The third kappa shape index (κ3) is 3.66. The number of phenols is 1. The lowest BCUT2D eigenvalue weighted by molar-refractivity contribution is 0.0948. The fourth-order valence-corrected chi connectivity index (χ4v) is 2.67. The van der Waals surface area contributed by atoms with Crippen molar-refractivity contribution in [2.75, 3.05) is 7.11 Å². The van der Waals surface area contributed by atoms with Gasteiger partial charge in [-0.05, 0) is 49.6 Å². The molecule has 1 aromatic carbocycles. The van der Waals surface area contributed by atoms with E-state index in [1.165, 1.54) is 18.0 Å². The quantitative estimate of drug-likeness (QED) is 0.574. The molecule has 9 heteroatoms. The average molecular weight is 432 g/mol. The largest absolute Gasteiger partial charge is 0.503 e. The lowest BCUT2D eigenvalue weighted by Crippen LogP contribution is -2.19. The molecule has 2 aromatic rings. The van der Waals surface area contributed by atoms with Gasteiger partial charge in [-0.2, -0.15) is 10.2 Å². The van der Waals surface area contributed by atoms with E-state index in [2.05, 4.69) is 47.5 Å². The second-order valence-corrected chi connectivity index (χ2v) is 5.96. The van der Waals surface area contributed by atoms with Crippen molar-refractivity contribution in [3.05, 3.63) is 38.5 Å². The summed E-state index contributed by atoms with van der Waals surface area (Å²) in [5.41, 5.74) is 3.26. The van der Waals surface area contributed by atoms with E-state index in [4.69, 9.17) is 4.74 Å². The van der Waals surface area contributed by atoms with Crippen molar-refractivity contribution >= 4 is 44.0 Å². The van der Waals surface area contributed by atoms with Crippen LogP contribution >= 0.6 is 31.9 Å². The zero-order valence-electron chi connectivity index (χ0n) is 11.7. The molecule has 2 N–H and O–H groups in total. The van der Waals surface area contributed by atoms with Crippen LogP contribution in [0, 0.1) is 0 Å². The standard InChI is InChI=1S/C13H12Br2N4O3/c1-19-6-9(15)11(18-19)13(21)17-16-5-7-3-8(14)12(20)10(4-7)22-2/h3-6,20H,1-2H3,(H,17,21)/b16-5-. The number of methoxy groups -OCH3 is 1. The maximum absolute atomic E-state index is 11.9. The van der Waals surface area contributed by atoms with Crippen molar-refractivity contribution in [2.24, 2.45) is 12.1 Å². The van der Waals surface area contributed by atoms with Gasteiger partial charge in [-0.15, -0.1) is 0 Å². The van der Waals surface area contributed by atoms with Crippen molar-refractivity contribution in [3.63, 3.8) is 0 Å². The Hall–Kier alpha value is -1.87. The molecule has 0 saturated carbocycles. The topological polar surface area (TPSA) is 88.7 Å². The minimum Gasteiger partial charge on any atom is -0.503 e. The van der Waals surface area contributed by atoms with Crippen molar-refractivity contribution in [3.8, 4) is 11.5 Å². The predicted molar refractivity (Wildman–Crippen MR) is 88.3 cm³/mol. The zero-order valence-corrected chi connectivity index (χ0v) is 14.8. The van der Waals surface area contributed by atoms with E-state index < -0.39 is 5.91 Å². The maximum Gasteiger partial charge on any atom is 0.293 e. The molecule has 0 spiro atoms. The van der Waals surface area contributed by atoms with Gasteiger partial charge in [-0.25, -0.2) is 5.43 Å². The molecule has 0 bridgehead atoms. The van der Waals surface area contributed by atoms with Gasteiger partial charge in [-0.3, -0.25) is 9.48 Å². The smallest absolute Gasteiger partial charge is 0.293 e. The summed E-state index contributed by atoms with van der Waals surface area (Å²) < 4.78 is 7.60. The summed E-state index contributed by atoms with van der Waals surface area (Å²) in [5.74, 6) is -0.135. The number of halogens is 2. The van der Waals surface area contributed by atoms with Crippen molar-refractivity contribution in [1.82, 2.24) is 15.2 Å². The third-order valence-corrected chi connectivity index (χ3v) is 3.83. The van der Waals surface area contributed by atoms with Crippen LogP contribution in [0.3, 0.4) is 0 Å². The van der Waals surface area contributed by atoms with E-state index >= 15 is 0 Å². The molecule has 0 radical (unpaired) electrons. The van der Waals surface area contributed by atoms with Crippen LogP contribution in [0.1, 0.15) is 16.1 Å². The van der Waals surface area contributed by atoms with E-state index in [0.717, 1.165) is 0 Å². The van der Waals surface area contributed by atoms with Crippen LogP contribution in [0.4, 0.5) is 0 Å². The van der Waals surface area contributed by atoms with Gasteiger partial charge in [0.05, 0.1) is 22.3 Å². The first kappa shape index (κ1) is 16.5. The number of ether oxygens (including phenoxy) is 1. The number of hydrogen-bond donors (Lipinski definition) is 2. The van der Waals surface area contributed by atoms with E-state index in [9.17, 15) is 9.90 Å². The fraction of sp³-hybridized carbons (Fsp3) is 0.154.